The zero-order valence-electron chi connectivity index (χ0n) is 10.4. The molecule has 0 atom stereocenters. The number of benzene rings is 1. The molecule has 2 heterocycles. The molecule has 0 aliphatic heterocycles. The fourth-order valence-corrected chi connectivity index (χ4v) is 2.93. The van der Waals surface area contributed by atoms with Crippen LogP contribution in [0.25, 0.3) is 10.2 Å². The Balaban J connectivity index is 1.84. The molecule has 3 aromatic rings. The highest BCUT2D eigenvalue weighted by Crippen LogP contribution is 2.31. The van der Waals surface area contributed by atoms with Gasteiger partial charge in [-0.2, -0.15) is 0 Å². The van der Waals surface area contributed by atoms with Crippen molar-refractivity contribution in [2.24, 2.45) is 0 Å². The van der Waals surface area contributed by atoms with Crippen LogP contribution in [0, 0.1) is 6.92 Å². The summed E-state index contributed by atoms with van der Waals surface area (Å²) in [5.41, 5.74) is 3.15. The highest BCUT2D eigenvalue weighted by molar-refractivity contribution is 7.22. The zero-order valence-corrected chi connectivity index (χ0v) is 11.9. The molecular weight excluding hydrogens is 278 g/mol. The molecule has 5 heteroatoms. The van der Waals surface area contributed by atoms with Crippen LogP contribution in [0.4, 0.5) is 5.13 Å². The molecule has 0 amide bonds. The molecule has 0 fully saturated rings. The topological polar surface area (TPSA) is 37.8 Å². The molecule has 0 bridgehead atoms. The lowest BCUT2D eigenvalue weighted by Gasteiger charge is -2.01. The molecule has 96 valence electrons. The Morgan fingerprint density at radius 2 is 2.21 bits per heavy atom. The maximum atomic E-state index is 6.11. The molecule has 0 radical (unpaired) electrons. The van der Waals surface area contributed by atoms with Gasteiger partial charge in [0.05, 0.1) is 10.2 Å². The van der Waals surface area contributed by atoms with E-state index in [9.17, 15) is 0 Å². The Labute approximate surface area is 120 Å². The minimum atomic E-state index is 0.723. The number of nitrogens with zero attached hydrogens (tertiary/aromatic N) is 2. The number of pyridine rings is 1. The minimum Gasteiger partial charge on any atom is -0.357 e. The first kappa shape index (κ1) is 12.4. The summed E-state index contributed by atoms with van der Waals surface area (Å²) >= 11 is 7.74. The van der Waals surface area contributed by atoms with Crippen molar-refractivity contribution in [3.63, 3.8) is 0 Å². The van der Waals surface area contributed by atoms with E-state index in [2.05, 4.69) is 15.3 Å². The van der Waals surface area contributed by atoms with Crippen molar-refractivity contribution in [2.75, 3.05) is 5.32 Å². The summed E-state index contributed by atoms with van der Waals surface area (Å²) in [6, 6.07) is 7.90. The molecule has 2 aromatic heterocycles. The lowest BCUT2D eigenvalue weighted by Crippen LogP contribution is -1.98. The lowest BCUT2D eigenvalue weighted by atomic mass is 10.2. The van der Waals surface area contributed by atoms with Crippen LogP contribution in [0.3, 0.4) is 0 Å². The van der Waals surface area contributed by atoms with Gasteiger partial charge in [0.1, 0.15) is 0 Å². The predicted molar refractivity (Wildman–Crippen MR) is 80.9 cm³/mol. The van der Waals surface area contributed by atoms with Gasteiger partial charge in [0.2, 0.25) is 0 Å². The van der Waals surface area contributed by atoms with Gasteiger partial charge in [-0.3, -0.25) is 4.98 Å². The van der Waals surface area contributed by atoms with Crippen LogP contribution in [-0.2, 0) is 6.54 Å². The van der Waals surface area contributed by atoms with E-state index in [0.717, 1.165) is 38.0 Å². The van der Waals surface area contributed by atoms with Gasteiger partial charge in [-0.1, -0.05) is 29.0 Å². The lowest BCUT2D eigenvalue weighted by molar-refractivity contribution is 1.11. The monoisotopic (exact) mass is 289 g/mol. The van der Waals surface area contributed by atoms with Crippen molar-refractivity contribution in [2.45, 2.75) is 13.5 Å². The maximum absolute atomic E-state index is 6.11. The number of thiazole rings is 1. The van der Waals surface area contributed by atoms with Crippen LogP contribution in [0.1, 0.15) is 11.1 Å². The van der Waals surface area contributed by atoms with Gasteiger partial charge in [-0.05, 0) is 36.2 Å². The quantitative estimate of drug-likeness (QED) is 0.782. The van der Waals surface area contributed by atoms with Crippen molar-refractivity contribution in [3.05, 3.63) is 52.8 Å². The normalized spacial score (nSPS) is 10.8. The van der Waals surface area contributed by atoms with Crippen LogP contribution in [-0.4, -0.2) is 9.97 Å². The second-order valence-electron chi connectivity index (χ2n) is 4.25. The fraction of sp³-hybridized carbons (Fsp3) is 0.143. The summed E-state index contributed by atoms with van der Waals surface area (Å²) in [6.07, 6.45) is 3.62. The molecule has 0 saturated heterocycles. The first-order chi connectivity index (χ1) is 9.24. The van der Waals surface area contributed by atoms with Crippen molar-refractivity contribution >= 4 is 38.3 Å². The third kappa shape index (κ3) is 2.55. The van der Waals surface area contributed by atoms with Crippen LogP contribution in [0.2, 0.25) is 5.02 Å². The predicted octanol–water partition coefficient (Wildman–Crippen LogP) is 4.27. The first-order valence-electron chi connectivity index (χ1n) is 5.92. The van der Waals surface area contributed by atoms with E-state index < -0.39 is 0 Å². The molecule has 0 unspecified atom stereocenters. The number of hydrogen-bond acceptors (Lipinski definition) is 4. The van der Waals surface area contributed by atoms with Crippen LogP contribution >= 0.6 is 22.9 Å². The standard InChI is InChI=1S/C14H12ClN3S/c1-9-11(15)4-5-12-13(9)18-14(19-12)17-8-10-3-2-6-16-7-10/h2-7H,8H2,1H3,(H,17,18). The van der Waals surface area contributed by atoms with Gasteiger partial charge in [-0.15, -0.1) is 0 Å². The summed E-state index contributed by atoms with van der Waals surface area (Å²) in [5.74, 6) is 0. The third-order valence-electron chi connectivity index (χ3n) is 2.91. The highest BCUT2D eigenvalue weighted by Gasteiger charge is 2.08. The smallest absolute Gasteiger partial charge is 0.184 e. The largest absolute Gasteiger partial charge is 0.357 e. The number of aryl methyl sites for hydroxylation is 1. The van der Waals surface area contributed by atoms with Gasteiger partial charge < -0.3 is 5.32 Å². The Hall–Kier alpha value is -1.65. The van der Waals surface area contributed by atoms with E-state index in [-0.39, 0.29) is 0 Å². The van der Waals surface area contributed by atoms with E-state index in [0.29, 0.717) is 0 Å². The summed E-state index contributed by atoms with van der Waals surface area (Å²) in [5, 5.41) is 4.99. The Morgan fingerprint density at radius 3 is 3.00 bits per heavy atom. The summed E-state index contributed by atoms with van der Waals surface area (Å²) in [4.78, 5) is 8.68. The van der Waals surface area contributed by atoms with Gasteiger partial charge in [0, 0.05) is 24.0 Å². The van der Waals surface area contributed by atoms with Gasteiger partial charge in [0.25, 0.3) is 0 Å². The van der Waals surface area contributed by atoms with Gasteiger partial charge in [-0.25, -0.2) is 4.98 Å². The van der Waals surface area contributed by atoms with Crippen molar-refractivity contribution in [3.8, 4) is 0 Å². The fourth-order valence-electron chi connectivity index (χ4n) is 1.86. The van der Waals surface area contributed by atoms with E-state index >= 15 is 0 Å². The molecule has 1 aromatic carbocycles. The van der Waals surface area contributed by atoms with E-state index in [1.807, 2.05) is 37.4 Å². The summed E-state index contributed by atoms with van der Waals surface area (Å²) in [6.45, 7) is 2.72. The number of nitrogens with one attached hydrogen (secondary N) is 1. The molecule has 3 rings (SSSR count). The molecule has 0 saturated carbocycles. The molecule has 3 nitrogen and oxygen atoms in total. The van der Waals surface area contributed by atoms with E-state index in [1.165, 1.54) is 0 Å². The maximum Gasteiger partial charge on any atom is 0.184 e. The van der Waals surface area contributed by atoms with Crippen LogP contribution in [0.5, 0.6) is 0 Å². The number of hydrogen-bond donors (Lipinski definition) is 1. The number of aromatic nitrogens is 2. The molecule has 0 spiro atoms. The average Bonchev–Trinajstić information content (AvgIpc) is 2.86. The Morgan fingerprint density at radius 1 is 1.32 bits per heavy atom. The third-order valence-corrected chi connectivity index (χ3v) is 4.30. The second-order valence-corrected chi connectivity index (χ2v) is 5.69. The Kier molecular flexibility index (Phi) is 3.36. The van der Waals surface area contributed by atoms with Crippen LogP contribution < -0.4 is 5.32 Å². The molecule has 0 aliphatic carbocycles. The molecule has 19 heavy (non-hydrogen) atoms. The molecule has 1 N–H and O–H groups in total. The van der Waals surface area contributed by atoms with E-state index in [4.69, 9.17) is 11.6 Å². The van der Waals surface area contributed by atoms with Crippen molar-refractivity contribution in [1.82, 2.24) is 9.97 Å². The summed E-state index contributed by atoms with van der Waals surface area (Å²) in [7, 11) is 0. The summed E-state index contributed by atoms with van der Waals surface area (Å²) < 4.78 is 1.15. The minimum absolute atomic E-state index is 0.723. The zero-order chi connectivity index (χ0) is 13.2. The van der Waals surface area contributed by atoms with Crippen molar-refractivity contribution < 1.29 is 0 Å². The average molecular weight is 290 g/mol. The number of fused-ring (bicyclic) bond motifs is 1. The van der Waals surface area contributed by atoms with Gasteiger partial charge in [0.15, 0.2) is 5.13 Å². The Bertz CT molecular complexity index is 709. The SMILES string of the molecule is Cc1c(Cl)ccc2sc(NCc3cccnc3)nc12. The molecule has 0 aliphatic rings. The second kappa shape index (κ2) is 5.15. The highest BCUT2D eigenvalue weighted by atomic mass is 35.5. The van der Waals surface area contributed by atoms with Gasteiger partial charge >= 0.3 is 0 Å². The van der Waals surface area contributed by atoms with E-state index in [1.54, 1.807) is 17.5 Å². The first-order valence-corrected chi connectivity index (χ1v) is 7.12. The number of anilines is 1. The number of rotatable bonds is 3. The van der Waals surface area contributed by atoms with Crippen molar-refractivity contribution in [1.29, 1.82) is 0 Å². The molecular formula is C14H12ClN3S. The van der Waals surface area contributed by atoms with Crippen LogP contribution in [0.15, 0.2) is 36.7 Å². The number of halogens is 1.